The maximum absolute atomic E-state index is 13.0. The maximum Gasteiger partial charge on any atom is 0.255 e. The topological polar surface area (TPSA) is 119 Å². The third-order valence-corrected chi connectivity index (χ3v) is 6.15. The Hall–Kier alpha value is -5.38. The third-order valence-electron chi connectivity index (χ3n) is 6.15. The van der Waals surface area contributed by atoms with Crippen molar-refractivity contribution in [1.29, 1.82) is 0 Å². The van der Waals surface area contributed by atoms with Gasteiger partial charge in [-0.05, 0) is 55.5 Å². The van der Waals surface area contributed by atoms with E-state index in [4.69, 9.17) is 14.5 Å². The molecular formula is C30H28N6O4. The summed E-state index contributed by atoms with van der Waals surface area (Å²) in [5.74, 6) is 1.33. The highest BCUT2D eigenvalue weighted by atomic mass is 16.5. The van der Waals surface area contributed by atoms with Crippen molar-refractivity contribution in [3.05, 3.63) is 96.4 Å². The van der Waals surface area contributed by atoms with Crippen molar-refractivity contribution < 1.29 is 19.1 Å². The van der Waals surface area contributed by atoms with Gasteiger partial charge in [0, 0.05) is 59.8 Å². The Bertz CT molecular complexity index is 1680. The molecule has 0 spiro atoms. The van der Waals surface area contributed by atoms with Gasteiger partial charge in [-0.1, -0.05) is 12.1 Å². The van der Waals surface area contributed by atoms with E-state index < -0.39 is 0 Å². The molecule has 0 radical (unpaired) electrons. The lowest BCUT2D eigenvalue weighted by Gasteiger charge is -2.14. The Kier molecular flexibility index (Phi) is 7.58. The second kappa shape index (κ2) is 11.6. The molecule has 202 valence electrons. The van der Waals surface area contributed by atoms with Crippen molar-refractivity contribution in [2.24, 2.45) is 0 Å². The molecule has 5 aromatic rings. The second-order valence-electron chi connectivity index (χ2n) is 8.75. The highest BCUT2D eigenvalue weighted by molar-refractivity contribution is 6.05. The molecule has 0 bridgehead atoms. The lowest BCUT2D eigenvalue weighted by molar-refractivity contribution is 0.0962. The molecule has 0 aliphatic rings. The Morgan fingerprint density at radius 2 is 1.73 bits per heavy atom. The number of carbonyl (C=O) groups is 2. The predicted octanol–water partition coefficient (Wildman–Crippen LogP) is 5.16. The molecule has 0 fully saturated rings. The van der Waals surface area contributed by atoms with Gasteiger partial charge in [0.2, 0.25) is 0 Å². The van der Waals surface area contributed by atoms with Crippen LogP contribution in [-0.4, -0.2) is 46.9 Å². The molecule has 10 heteroatoms. The first-order valence-corrected chi connectivity index (χ1v) is 12.6. The SMILES string of the molecule is CCOc1cc(Nc2nc(-c3cccc(C(=O)Nc4ccc(C(=O)NC)cc4)c3)cn3ccnc23)ccc1OC. The van der Waals surface area contributed by atoms with Crippen molar-refractivity contribution in [1.82, 2.24) is 19.7 Å². The van der Waals surface area contributed by atoms with Crippen LogP contribution in [0.2, 0.25) is 0 Å². The summed E-state index contributed by atoms with van der Waals surface area (Å²) in [6.45, 7) is 2.42. The van der Waals surface area contributed by atoms with Crippen LogP contribution in [0.5, 0.6) is 11.5 Å². The molecule has 0 unspecified atom stereocenters. The van der Waals surface area contributed by atoms with E-state index in [9.17, 15) is 9.59 Å². The zero-order valence-corrected chi connectivity index (χ0v) is 22.3. The largest absolute Gasteiger partial charge is 0.493 e. The quantitative estimate of drug-likeness (QED) is 0.238. The summed E-state index contributed by atoms with van der Waals surface area (Å²) in [4.78, 5) is 34.1. The van der Waals surface area contributed by atoms with E-state index in [1.54, 1.807) is 56.8 Å². The van der Waals surface area contributed by atoms with Crippen LogP contribution in [-0.2, 0) is 0 Å². The van der Waals surface area contributed by atoms with E-state index in [1.807, 2.05) is 54.0 Å². The number of nitrogens with zero attached hydrogens (tertiary/aromatic N) is 3. The zero-order chi connectivity index (χ0) is 28.1. The Balaban J connectivity index is 1.42. The fourth-order valence-electron chi connectivity index (χ4n) is 4.19. The van der Waals surface area contributed by atoms with Crippen molar-refractivity contribution >= 4 is 34.7 Å². The standard InChI is InChI=1S/C30H28N6O4/c1-4-40-26-17-23(12-13-25(26)39-3)33-27-28-32-14-15-36(28)18-24(35-27)20-6-5-7-21(16-20)30(38)34-22-10-8-19(9-11-22)29(37)31-2/h5-18H,4H2,1-3H3,(H,31,37)(H,33,35)(H,34,38). The molecule has 0 saturated heterocycles. The van der Waals surface area contributed by atoms with Gasteiger partial charge in [0.1, 0.15) is 0 Å². The number of hydrogen-bond acceptors (Lipinski definition) is 7. The molecule has 10 nitrogen and oxygen atoms in total. The van der Waals surface area contributed by atoms with Gasteiger partial charge in [-0.25, -0.2) is 9.97 Å². The highest BCUT2D eigenvalue weighted by Gasteiger charge is 2.14. The van der Waals surface area contributed by atoms with Crippen LogP contribution in [0.25, 0.3) is 16.9 Å². The number of nitrogens with one attached hydrogen (secondary N) is 3. The predicted molar refractivity (Wildman–Crippen MR) is 154 cm³/mol. The Labute approximate surface area is 231 Å². The first-order valence-electron chi connectivity index (χ1n) is 12.6. The van der Waals surface area contributed by atoms with E-state index in [1.165, 1.54) is 0 Å². The summed E-state index contributed by atoms with van der Waals surface area (Å²) < 4.78 is 13.0. The van der Waals surface area contributed by atoms with Crippen molar-refractivity contribution in [2.45, 2.75) is 6.92 Å². The number of ether oxygens (including phenoxy) is 2. The number of imidazole rings is 1. The minimum Gasteiger partial charge on any atom is -0.493 e. The van der Waals surface area contributed by atoms with Gasteiger partial charge >= 0.3 is 0 Å². The number of rotatable bonds is 9. The summed E-state index contributed by atoms with van der Waals surface area (Å²) in [6.07, 6.45) is 5.40. The second-order valence-corrected chi connectivity index (χ2v) is 8.75. The third kappa shape index (κ3) is 5.56. The average Bonchev–Trinajstić information content (AvgIpc) is 3.47. The number of aromatic nitrogens is 3. The molecule has 0 aliphatic heterocycles. The summed E-state index contributed by atoms with van der Waals surface area (Å²) in [6, 6.07) is 19.5. The minimum atomic E-state index is -0.279. The van der Waals surface area contributed by atoms with E-state index in [0.717, 1.165) is 11.3 Å². The monoisotopic (exact) mass is 536 g/mol. The summed E-state index contributed by atoms with van der Waals surface area (Å²) in [5, 5.41) is 8.79. The van der Waals surface area contributed by atoms with Gasteiger partial charge in [0.05, 0.1) is 19.4 Å². The molecule has 2 amide bonds. The van der Waals surface area contributed by atoms with Crippen molar-refractivity contribution in [2.75, 3.05) is 31.4 Å². The molecule has 40 heavy (non-hydrogen) atoms. The van der Waals surface area contributed by atoms with Crippen molar-refractivity contribution in [3.63, 3.8) is 0 Å². The van der Waals surface area contributed by atoms with Gasteiger partial charge in [-0.3, -0.25) is 9.59 Å². The van der Waals surface area contributed by atoms with E-state index >= 15 is 0 Å². The molecular weight excluding hydrogens is 508 g/mol. The Morgan fingerprint density at radius 3 is 2.48 bits per heavy atom. The molecule has 2 aromatic heterocycles. The van der Waals surface area contributed by atoms with E-state index in [-0.39, 0.29) is 11.8 Å². The fraction of sp³-hybridized carbons (Fsp3) is 0.133. The van der Waals surface area contributed by atoms with Crippen molar-refractivity contribution in [3.8, 4) is 22.8 Å². The molecule has 2 heterocycles. The van der Waals surface area contributed by atoms with Gasteiger partial charge in [0.25, 0.3) is 11.8 Å². The number of carbonyl (C=O) groups excluding carboxylic acids is 2. The van der Waals surface area contributed by atoms with Crippen LogP contribution in [0.15, 0.2) is 85.3 Å². The van der Waals surface area contributed by atoms with E-state index in [0.29, 0.717) is 52.1 Å². The normalized spacial score (nSPS) is 10.7. The number of methoxy groups -OCH3 is 1. The van der Waals surface area contributed by atoms with Gasteiger partial charge in [-0.15, -0.1) is 0 Å². The van der Waals surface area contributed by atoms with Crippen LogP contribution >= 0.6 is 0 Å². The Morgan fingerprint density at radius 1 is 0.925 bits per heavy atom. The molecule has 0 saturated carbocycles. The number of hydrogen-bond donors (Lipinski definition) is 3. The first kappa shape index (κ1) is 26.2. The fourth-order valence-corrected chi connectivity index (χ4v) is 4.19. The van der Waals surface area contributed by atoms with E-state index in [2.05, 4.69) is 20.9 Å². The van der Waals surface area contributed by atoms with Crippen LogP contribution < -0.4 is 25.4 Å². The van der Waals surface area contributed by atoms with Gasteiger partial charge < -0.3 is 29.8 Å². The molecule has 0 atom stereocenters. The van der Waals surface area contributed by atoms with Crippen LogP contribution in [0.4, 0.5) is 17.2 Å². The molecule has 3 aromatic carbocycles. The summed E-state index contributed by atoms with van der Waals surface area (Å²) >= 11 is 0. The highest BCUT2D eigenvalue weighted by Crippen LogP contribution is 2.32. The smallest absolute Gasteiger partial charge is 0.255 e. The van der Waals surface area contributed by atoms with Gasteiger partial charge in [0.15, 0.2) is 23.0 Å². The molecule has 0 aliphatic carbocycles. The number of benzene rings is 3. The van der Waals surface area contributed by atoms with Crippen LogP contribution in [0, 0.1) is 0 Å². The number of amides is 2. The summed E-state index contributed by atoms with van der Waals surface area (Å²) in [5.41, 5.74) is 4.37. The van der Waals surface area contributed by atoms with Crippen LogP contribution in [0.1, 0.15) is 27.6 Å². The number of fused-ring (bicyclic) bond motifs is 1. The lowest BCUT2D eigenvalue weighted by Crippen LogP contribution is -2.17. The molecule has 3 N–H and O–H groups in total. The lowest BCUT2D eigenvalue weighted by atomic mass is 10.1. The number of anilines is 3. The minimum absolute atomic E-state index is 0.191. The first-order chi connectivity index (χ1) is 19.5. The summed E-state index contributed by atoms with van der Waals surface area (Å²) in [7, 11) is 3.17. The van der Waals surface area contributed by atoms with Gasteiger partial charge in [-0.2, -0.15) is 0 Å². The van der Waals surface area contributed by atoms with Crippen LogP contribution in [0.3, 0.4) is 0 Å². The molecule has 5 rings (SSSR count). The maximum atomic E-state index is 13.0. The zero-order valence-electron chi connectivity index (χ0n) is 22.3. The average molecular weight is 537 g/mol.